The highest BCUT2D eigenvalue weighted by molar-refractivity contribution is 6.74. The minimum Gasteiger partial charge on any atom is -0.489 e. The lowest BCUT2D eigenvalue weighted by atomic mass is 9.87. The van der Waals surface area contributed by atoms with Crippen molar-refractivity contribution in [3.63, 3.8) is 0 Å². The lowest BCUT2D eigenvalue weighted by Gasteiger charge is -2.40. The largest absolute Gasteiger partial charge is 0.489 e. The lowest BCUT2D eigenvalue weighted by Crippen LogP contribution is -2.45. The van der Waals surface area contributed by atoms with Gasteiger partial charge in [0.15, 0.2) is 8.32 Å². The van der Waals surface area contributed by atoms with Crippen LogP contribution in [0.2, 0.25) is 18.1 Å². The molecule has 6 heteroatoms. The number of aryl methyl sites for hydroxylation is 1. The number of para-hydroxylation sites is 1. The topological polar surface area (TPSA) is 65.0 Å². The van der Waals surface area contributed by atoms with Crippen LogP contribution in [0.5, 0.6) is 5.75 Å². The van der Waals surface area contributed by atoms with Crippen molar-refractivity contribution in [3.8, 4) is 5.75 Å². The molecule has 162 valence electrons. The molecular weight excluding hydrogens is 384 g/mol. The van der Waals surface area contributed by atoms with Gasteiger partial charge in [0.05, 0.1) is 13.2 Å². The number of carbonyl (C=O) groups excluding carboxylic acids is 1. The van der Waals surface area contributed by atoms with Gasteiger partial charge >= 0.3 is 5.97 Å². The zero-order chi connectivity index (χ0) is 21.4. The summed E-state index contributed by atoms with van der Waals surface area (Å²) in [6.45, 7) is 11.4. The first-order valence-corrected chi connectivity index (χ1v) is 13.6. The summed E-state index contributed by atoms with van der Waals surface area (Å²) < 4.78 is 17.9. The van der Waals surface area contributed by atoms with E-state index in [4.69, 9.17) is 13.9 Å². The number of esters is 1. The lowest BCUT2D eigenvalue weighted by molar-refractivity contribution is -0.140. The molecule has 5 nitrogen and oxygen atoms in total. The van der Waals surface area contributed by atoms with E-state index in [1.54, 1.807) is 0 Å². The van der Waals surface area contributed by atoms with Crippen molar-refractivity contribution in [2.24, 2.45) is 5.92 Å². The summed E-state index contributed by atoms with van der Waals surface area (Å²) in [5.74, 6) is 1.00. The quantitative estimate of drug-likeness (QED) is 0.522. The minimum absolute atomic E-state index is 0.0343. The molecule has 0 bridgehead atoms. The Labute approximate surface area is 175 Å². The summed E-state index contributed by atoms with van der Waals surface area (Å²) >= 11 is 0. The second-order valence-electron chi connectivity index (χ2n) is 9.95. The number of hydrogen-bond donors (Lipinski definition) is 1. The summed E-state index contributed by atoms with van der Waals surface area (Å²) in [4.78, 5) is 11.4. The van der Waals surface area contributed by atoms with Gasteiger partial charge in [-0.1, -0.05) is 39.0 Å². The Morgan fingerprint density at radius 1 is 1.31 bits per heavy atom. The molecule has 3 rings (SSSR count). The van der Waals surface area contributed by atoms with Crippen molar-refractivity contribution in [1.82, 2.24) is 0 Å². The Kier molecular flexibility index (Phi) is 6.46. The monoisotopic (exact) mass is 420 g/mol. The van der Waals surface area contributed by atoms with E-state index in [0.29, 0.717) is 6.42 Å². The molecule has 1 fully saturated rings. The zero-order valence-electron chi connectivity index (χ0n) is 18.7. The number of aliphatic hydroxyl groups excluding tert-OH is 1. The van der Waals surface area contributed by atoms with Crippen molar-refractivity contribution in [2.75, 3.05) is 13.7 Å². The summed E-state index contributed by atoms with van der Waals surface area (Å²) in [5, 5.41) is 10.4. The van der Waals surface area contributed by atoms with Crippen molar-refractivity contribution in [1.29, 1.82) is 0 Å². The van der Waals surface area contributed by atoms with Crippen molar-refractivity contribution < 1.29 is 23.8 Å². The molecule has 1 aromatic rings. The molecule has 1 N–H and O–H groups in total. The van der Waals surface area contributed by atoms with Gasteiger partial charge in [-0.25, -0.2) is 0 Å². The van der Waals surface area contributed by atoms with Gasteiger partial charge in [0.2, 0.25) is 0 Å². The molecule has 4 atom stereocenters. The number of methoxy groups -OCH3 is 1. The molecule has 29 heavy (non-hydrogen) atoms. The molecular formula is C23H36O5Si. The first-order chi connectivity index (χ1) is 13.6. The van der Waals surface area contributed by atoms with Gasteiger partial charge in [-0.05, 0) is 36.5 Å². The van der Waals surface area contributed by atoms with E-state index in [-0.39, 0.29) is 41.7 Å². The fourth-order valence-electron chi connectivity index (χ4n) is 4.42. The van der Waals surface area contributed by atoms with Crippen LogP contribution < -0.4 is 4.74 Å². The van der Waals surface area contributed by atoms with Crippen molar-refractivity contribution in [2.45, 2.75) is 82.7 Å². The van der Waals surface area contributed by atoms with E-state index in [0.717, 1.165) is 30.6 Å². The van der Waals surface area contributed by atoms with Gasteiger partial charge in [0.1, 0.15) is 11.9 Å². The molecule has 0 radical (unpaired) electrons. The van der Waals surface area contributed by atoms with Crippen molar-refractivity contribution in [3.05, 3.63) is 29.3 Å². The number of carbonyl (C=O) groups is 1. The second kappa shape index (κ2) is 8.40. The number of rotatable bonds is 7. The summed E-state index contributed by atoms with van der Waals surface area (Å²) in [6.07, 6.45) is 2.84. The number of ether oxygens (including phenoxy) is 2. The van der Waals surface area contributed by atoms with Crippen molar-refractivity contribution >= 4 is 14.3 Å². The van der Waals surface area contributed by atoms with E-state index in [9.17, 15) is 9.90 Å². The molecule has 0 amide bonds. The molecule has 2 aliphatic rings. The number of aliphatic hydroxyl groups is 1. The van der Waals surface area contributed by atoms with Crippen LogP contribution in [0.1, 0.15) is 57.1 Å². The highest BCUT2D eigenvalue weighted by Gasteiger charge is 2.53. The van der Waals surface area contributed by atoms with Crippen LogP contribution in [0.3, 0.4) is 0 Å². The first-order valence-electron chi connectivity index (χ1n) is 10.7. The maximum absolute atomic E-state index is 11.4. The molecule has 0 spiro atoms. The smallest absolute Gasteiger partial charge is 0.305 e. The van der Waals surface area contributed by atoms with Gasteiger partial charge in [0.25, 0.3) is 0 Å². The Hall–Kier alpha value is -1.37. The zero-order valence-corrected chi connectivity index (χ0v) is 19.7. The van der Waals surface area contributed by atoms with Gasteiger partial charge in [0, 0.05) is 36.8 Å². The van der Waals surface area contributed by atoms with Crippen LogP contribution in [0.25, 0.3) is 0 Å². The third kappa shape index (κ3) is 4.39. The number of benzene rings is 1. The summed E-state index contributed by atoms with van der Waals surface area (Å²) in [5.41, 5.74) is 2.32. The molecule has 1 saturated carbocycles. The first kappa shape index (κ1) is 22.3. The summed E-state index contributed by atoms with van der Waals surface area (Å²) in [6, 6.07) is 6.27. The van der Waals surface area contributed by atoms with Gasteiger partial charge in [-0.3, -0.25) is 4.79 Å². The second-order valence-corrected chi connectivity index (χ2v) is 14.7. The van der Waals surface area contributed by atoms with E-state index in [1.807, 2.05) is 0 Å². The van der Waals surface area contributed by atoms with E-state index >= 15 is 0 Å². The van der Waals surface area contributed by atoms with Crippen LogP contribution in [-0.4, -0.2) is 45.3 Å². The standard InChI is InChI=1S/C23H36O5Si/c1-23(2,3)29(5,6)28-18-13-19-21(17(18)14-24)16-11-7-9-15(22(16)27-19)10-8-12-20(25)26-4/h7,9,11,17-19,21,24H,8,10,12-14H2,1-6H3/t17-,18+,19-,21+/m0/s1. The fourth-order valence-corrected chi connectivity index (χ4v) is 5.80. The fraction of sp³-hybridized carbons (Fsp3) is 0.696. The average molecular weight is 421 g/mol. The van der Waals surface area contributed by atoms with Crippen LogP contribution in [0, 0.1) is 5.92 Å². The number of hydrogen-bond acceptors (Lipinski definition) is 5. The maximum Gasteiger partial charge on any atom is 0.305 e. The Morgan fingerprint density at radius 2 is 2.03 bits per heavy atom. The Balaban J connectivity index is 1.76. The Morgan fingerprint density at radius 3 is 2.66 bits per heavy atom. The highest BCUT2D eigenvalue weighted by atomic mass is 28.4. The number of fused-ring (bicyclic) bond motifs is 3. The predicted octanol–water partition coefficient (Wildman–Crippen LogP) is 4.43. The van der Waals surface area contributed by atoms with E-state index < -0.39 is 8.32 Å². The molecule has 1 heterocycles. The minimum atomic E-state index is -1.92. The highest BCUT2D eigenvalue weighted by Crippen LogP contribution is 2.53. The van der Waals surface area contributed by atoms with Gasteiger partial charge in [-0.2, -0.15) is 0 Å². The molecule has 1 aliphatic heterocycles. The van der Waals surface area contributed by atoms with E-state index in [1.165, 1.54) is 12.7 Å². The molecule has 1 aliphatic carbocycles. The van der Waals surface area contributed by atoms with Gasteiger partial charge in [-0.15, -0.1) is 0 Å². The predicted molar refractivity (Wildman–Crippen MR) is 116 cm³/mol. The van der Waals surface area contributed by atoms with Crippen LogP contribution >= 0.6 is 0 Å². The third-order valence-corrected chi connectivity index (χ3v) is 11.6. The molecule has 0 aromatic heterocycles. The van der Waals surface area contributed by atoms with Crippen LogP contribution in [-0.2, 0) is 20.4 Å². The molecule has 0 saturated heterocycles. The molecule has 0 unspecified atom stereocenters. The summed E-state index contributed by atoms with van der Waals surface area (Å²) in [7, 11) is -0.500. The molecule has 1 aromatic carbocycles. The van der Waals surface area contributed by atoms with E-state index in [2.05, 4.69) is 52.1 Å². The van der Waals surface area contributed by atoms with Gasteiger partial charge < -0.3 is 19.0 Å². The van der Waals surface area contributed by atoms with Crippen LogP contribution in [0.15, 0.2) is 18.2 Å². The average Bonchev–Trinajstić information content (AvgIpc) is 3.16. The SMILES string of the molecule is COC(=O)CCCc1cccc2c1O[C@H]1C[C@@H](O[Si](C)(C)C(C)(C)C)[C@H](CO)[C@@H]21. The Bertz CT molecular complexity index is 739. The third-order valence-electron chi connectivity index (χ3n) is 7.08. The normalized spacial score (nSPS) is 26.0. The van der Waals surface area contributed by atoms with Crippen LogP contribution in [0.4, 0.5) is 0 Å². The maximum atomic E-state index is 11.4.